The summed E-state index contributed by atoms with van der Waals surface area (Å²) in [5.41, 5.74) is 0.689. The van der Waals surface area contributed by atoms with Gasteiger partial charge in [0.2, 0.25) is 5.91 Å². The molecule has 0 spiro atoms. The molecule has 4 heteroatoms. The summed E-state index contributed by atoms with van der Waals surface area (Å²) in [6.07, 6.45) is 6.44. The Hall–Kier alpha value is -1.16. The Balaban J connectivity index is 2.25. The maximum absolute atomic E-state index is 12.9. The van der Waals surface area contributed by atoms with E-state index >= 15 is 0 Å². The van der Waals surface area contributed by atoms with Gasteiger partial charge < -0.3 is 10.1 Å². The molecular weight excluding hydrogens is 294 g/mol. The molecule has 0 bridgehead atoms. The van der Waals surface area contributed by atoms with Gasteiger partial charge in [-0.3, -0.25) is 4.79 Å². The van der Waals surface area contributed by atoms with Gasteiger partial charge in [0.15, 0.2) is 0 Å². The zero-order chi connectivity index (χ0) is 16.0. The van der Waals surface area contributed by atoms with Crippen LogP contribution in [0.1, 0.15) is 52.4 Å². The number of hydrogen-bond acceptors (Lipinski definition) is 3. The van der Waals surface area contributed by atoms with Crippen LogP contribution in [0, 0.1) is 5.41 Å². The smallest absolute Gasteiger partial charge is 0.231 e. The monoisotopic (exact) mass is 321 g/mol. The second-order valence-corrected chi connectivity index (χ2v) is 7.11. The van der Waals surface area contributed by atoms with Gasteiger partial charge in [0, 0.05) is 10.6 Å². The number of thioether (sulfide) groups is 1. The molecule has 1 aliphatic heterocycles. The van der Waals surface area contributed by atoms with Crippen LogP contribution in [0.3, 0.4) is 0 Å². The lowest BCUT2D eigenvalue weighted by atomic mass is 9.79. The van der Waals surface area contributed by atoms with Crippen molar-refractivity contribution in [1.29, 1.82) is 0 Å². The number of carbonyl (C=O) groups excluding carboxylic acids is 1. The number of anilines is 1. The van der Waals surface area contributed by atoms with Gasteiger partial charge in [0.05, 0.1) is 18.2 Å². The predicted molar refractivity (Wildman–Crippen MR) is 93.8 cm³/mol. The minimum absolute atomic E-state index is 0.200. The maximum Gasteiger partial charge on any atom is 0.231 e. The summed E-state index contributed by atoms with van der Waals surface area (Å²) in [7, 11) is 1.68. The number of benzene rings is 1. The number of methoxy groups -OCH3 is 1. The van der Waals surface area contributed by atoms with Crippen molar-refractivity contribution in [2.75, 3.05) is 18.2 Å². The van der Waals surface area contributed by atoms with Crippen molar-refractivity contribution in [3.05, 3.63) is 18.2 Å². The van der Waals surface area contributed by atoms with Crippen molar-refractivity contribution in [3.63, 3.8) is 0 Å². The van der Waals surface area contributed by atoms with Crippen molar-refractivity contribution in [2.24, 2.45) is 5.41 Å². The van der Waals surface area contributed by atoms with Crippen LogP contribution in [0.5, 0.6) is 5.75 Å². The lowest BCUT2D eigenvalue weighted by Gasteiger charge is -2.30. The van der Waals surface area contributed by atoms with Crippen LogP contribution in [0.15, 0.2) is 23.1 Å². The number of unbranched alkanes of at least 4 members (excludes halogenated alkanes) is 2. The van der Waals surface area contributed by atoms with E-state index in [4.69, 9.17) is 4.74 Å². The van der Waals surface area contributed by atoms with E-state index in [0.29, 0.717) is 0 Å². The molecule has 22 heavy (non-hydrogen) atoms. The summed E-state index contributed by atoms with van der Waals surface area (Å²) >= 11 is 1.79. The van der Waals surface area contributed by atoms with Crippen LogP contribution in [-0.2, 0) is 4.79 Å². The molecular formula is C18H27NO2S. The largest absolute Gasteiger partial charge is 0.497 e. The van der Waals surface area contributed by atoms with Crippen molar-refractivity contribution in [3.8, 4) is 5.75 Å². The first-order valence-electron chi connectivity index (χ1n) is 8.27. The lowest BCUT2D eigenvalue weighted by molar-refractivity contribution is -0.125. The van der Waals surface area contributed by atoms with E-state index in [1.165, 1.54) is 0 Å². The quantitative estimate of drug-likeness (QED) is 0.758. The number of ether oxygens (including phenoxy) is 1. The van der Waals surface area contributed by atoms with E-state index < -0.39 is 0 Å². The molecule has 1 amide bonds. The highest BCUT2D eigenvalue weighted by molar-refractivity contribution is 7.99. The molecule has 1 aromatic rings. The second-order valence-electron chi connectivity index (χ2n) is 6.09. The normalized spacial score (nSPS) is 16.6. The first kappa shape index (κ1) is 17.2. The molecule has 3 nitrogen and oxygen atoms in total. The fraction of sp³-hybridized carbons (Fsp3) is 0.611. The lowest BCUT2D eigenvalue weighted by Crippen LogP contribution is -2.37. The molecule has 0 saturated carbocycles. The number of carbonyl (C=O) groups is 1. The summed E-state index contributed by atoms with van der Waals surface area (Å²) in [6.45, 7) is 4.38. The Morgan fingerprint density at radius 3 is 2.50 bits per heavy atom. The van der Waals surface area contributed by atoms with E-state index in [2.05, 4.69) is 19.2 Å². The van der Waals surface area contributed by atoms with Crippen LogP contribution >= 0.6 is 11.8 Å². The Morgan fingerprint density at radius 1 is 1.23 bits per heavy atom. The summed E-state index contributed by atoms with van der Waals surface area (Å²) in [5.74, 6) is 1.90. The highest BCUT2D eigenvalue weighted by Crippen LogP contribution is 2.44. The Morgan fingerprint density at radius 2 is 1.91 bits per heavy atom. The van der Waals surface area contributed by atoms with Crippen molar-refractivity contribution < 1.29 is 9.53 Å². The number of rotatable bonds is 7. The molecule has 1 N–H and O–H groups in total. The highest BCUT2D eigenvalue weighted by Gasteiger charge is 2.39. The molecule has 122 valence electrons. The van der Waals surface area contributed by atoms with Crippen molar-refractivity contribution in [2.45, 2.75) is 57.3 Å². The molecule has 0 aromatic heterocycles. The zero-order valence-electron chi connectivity index (χ0n) is 13.9. The number of fused-ring (bicyclic) bond motifs is 1. The van der Waals surface area contributed by atoms with E-state index in [1.807, 2.05) is 18.2 Å². The van der Waals surface area contributed by atoms with Gasteiger partial charge in [-0.2, -0.15) is 0 Å². The van der Waals surface area contributed by atoms with Gasteiger partial charge in [-0.05, 0) is 31.0 Å². The molecule has 2 rings (SSSR count). The van der Waals surface area contributed by atoms with E-state index in [0.717, 1.165) is 60.6 Å². The minimum atomic E-state index is -0.233. The molecule has 0 fully saturated rings. The fourth-order valence-corrected chi connectivity index (χ4v) is 4.24. The summed E-state index contributed by atoms with van der Waals surface area (Å²) in [5, 5.41) is 3.17. The average Bonchev–Trinajstić information content (AvgIpc) is 2.68. The van der Waals surface area contributed by atoms with Crippen LogP contribution in [0.25, 0.3) is 0 Å². The number of hydrogen-bond donors (Lipinski definition) is 1. The van der Waals surface area contributed by atoms with Crippen LogP contribution in [-0.4, -0.2) is 18.8 Å². The minimum Gasteiger partial charge on any atom is -0.497 e. The standard InChI is InChI=1S/C18H27NO2S/c1-4-6-10-18(11-7-5-2)13-22-16-12-14(21-3)8-9-15(16)19-17(18)20/h8-9,12H,4-7,10-11,13H2,1-3H3,(H,19,20). The molecule has 1 heterocycles. The molecule has 0 unspecified atom stereocenters. The van der Waals surface area contributed by atoms with Crippen LogP contribution in [0.4, 0.5) is 5.69 Å². The van der Waals surface area contributed by atoms with E-state index in [-0.39, 0.29) is 11.3 Å². The summed E-state index contributed by atoms with van der Waals surface area (Å²) in [6, 6.07) is 5.88. The number of nitrogens with one attached hydrogen (secondary N) is 1. The van der Waals surface area contributed by atoms with Gasteiger partial charge in [0.1, 0.15) is 5.75 Å². The zero-order valence-corrected chi connectivity index (χ0v) is 14.7. The number of amides is 1. The first-order valence-corrected chi connectivity index (χ1v) is 9.26. The van der Waals surface area contributed by atoms with Crippen molar-refractivity contribution >= 4 is 23.4 Å². The first-order chi connectivity index (χ1) is 10.6. The fourth-order valence-electron chi connectivity index (χ4n) is 2.92. The summed E-state index contributed by atoms with van der Waals surface area (Å²) in [4.78, 5) is 14.0. The molecule has 0 aliphatic carbocycles. The molecule has 1 aromatic carbocycles. The van der Waals surface area contributed by atoms with Crippen LogP contribution < -0.4 is 10.1 Å². The molecule has 0 radical (unpaired) electrons. The molecule has 0 atom stereocenters. The maximum atomic E-state index is 12.9. The Bertz CT molecular complexity index is 508. The van der Waals surface area contributed by atoms with Crippen molar-refractivity contribution in [1.82, 2.24) is 0 Å². The third kappa shape index (κ3) is 3.78. The van der Waals surface area contributed by atoms with Gasteiger partial charge in [0.25, 0.3) is 0 Å². The molecule has 0 saturated heterocycles. The van der Waals surface area contributed by atoms with Gasteiger partial charge in [-0.15, -0.1) is 11.8 Å². The van der Waals surface area contributed by atoms with Gasteiger partial charge in [-0.25, -0.2) is 0 Å². The van der Waals surface area contributed by atoms with E-state index in [1.54, 1.807) is 18.9 Å². The van der Waals surface area contributed by atoms with E-state index in [9.17, 15) is 4.79 Å². The summed E-state index contributed by atoms with van der Waals surface area (Å²) < 4.78 is 5.30. The molecule has 1 aliphatic rings. The van der Waals surface area contributed by atoms with Gasteiger partial charge >= 0.3 is 0 Å². The SMILES string of the molecule is CCCCC1(CCCC)CSc2cc(OC)ccc2NC1=O. The Labute approximate surface area is 138 Å². The van der Waals surface area contributed by atoms with Gasteiger partial charge in [-0.1, -0.05) is 39.5 Å². The Kier molecular flexibility index (Phi) is 6.18. The predicted octanol–water partition coefficient (Wildman–Crippen LogP) is 5.11. The second kappa shape index (κ2) is 7.91. The third-order valence-electron chi connectivity index (χ3n) is 4.44. The third-order valence-corrected chi connectivity index (χ3v) is 5.79. The average molecular weight is 321 g/mol. The topological polar surface area (TPSA) is 38.3 Å². The highest BCUT2D eigenvalue weighted by atomic mass is 32.2. The van der Waals surface area contributed by atoms with Crippen LogP contribution in [0.2, 0.25) is 0 Å².